The molecular weight excluding hydrogens is 302 g/mol. The van der Waals surface area contributed by atoms with Crippen molar-refractivity contribution in [2.75, 3.05) is 7.11 Å². The normalized spacial score (nSPS) is 18.1. The minimum atomic E-state index is -0.638. The van der Waals surface area contributed by atoms with Crippen molar-refractivity contribution in [3.8, 4) is 0 Å². The lowest BCUT2D eigenvalue weighted by Gasteiger charge is -2.39. The SMILES string of the molecule is CO[C@H](C(=O)NC1(c2ccccc2)CCCCC1)c1cnn(C)c1. The van der Waals surface area contributed by atoms with Crippen molar-refractivity contribution < 1.29 is 9.53 Å². The molecule has 0 radical (unpaired) electrons. The van der Waals surface area contributed by atoms with E-state index in [1.54, 1.807) is 18.0 Å². The van der Waals surface area contributed by atoms with Gasteiger partial charge in [-0.15, -0.1) is 0 Å². The fraction of sp³-hybridized carbons (Fsp3) is 0.474. The Morgan fingerprint density at radius 2 is 1.96 bits per heavy atom. The van der Waals surface area contributed by atoms with Crippen molar-refractivity contribution >= 4 is 5.91 Å². The number of aryl methyl sites for hydroxylation is 1. The van der Waals surface area contributed by atoms with E-state index in [4.69, 9.17) is 4.74 Å². The smallest absolute Gasteiger partial charge is 0.254 e. The molecule has 1 amide bonds. The fourth-order valence-electron chi connectivity index (χ4n) is 3.67. The quantitative estimate of drug-likeness (QED) is 0.918. The van der Waals surface area contributed by atoms with E-state index in [2.05, 4.69) is 22.5 Å². The maximum atomic E-state index is 13.0. The number of rotatable bonds is 5. The summed E-state index contributed by atoms with van der Waals surface area (Å²) < 4.78 is 7.15. The maximum Gasteiger partial charge on any atom is 0.254 e. The van der Waals surface area contributed by atoms with Gasteiger partial charge < -0.3 is 10.1 Å². The first-order valence-corrected chi connectivity index (χ1v) is 8.53. The Kier molecular flexibility index (Phi) is 5.00. The molecule has 5 heteroatoms. The number of methoxy groups -OCH3 is 1. The zero-order chi connectivity index (χ0) is 17.0. The van der Waals surface area contributed by atoms with E-state index in [1.165, 1.54) is 12.0 Å². The van der Waals surface area contributed by atoms with Crippen molar-refractivity contribution in [2.24, 2.45) is 7.05 Å². The van der Waals surface area contributed by atoms with E-state index in [9.17, 15) is 4.79 Å². The van der Waals surface area contributed by atoms with Gasteiger partial charge in [-0.1, -0.05) is 49.6 Å². The fourth-order valence-corrected chi connectivity index (χ4v) is 3.67. The van der Waals surface area contributed by atoms with Crippen LogP contribution in [0.3, 0.4) is 0 Å². The van der Waals surface area contributed by atoms with Gasteiger partial charge in [0.15, 0.2) is 6.10 Å². The minimum absolute atomic E-state index is 0.101. The van der Waals surface area contributed by atoms with E-state index >= 15 is 0 Å². The molecule has 1 aromatic heterocycles. The van der Waals surface area contributed by atoms with Gasteiger partial charge in [0.05, 0.1) is 11.7 Å². The second-order valence-corrected chi connectivity index (χ2v) is 6.56. The number of amides is 1. The number of nitrogens with zero attached hydrogens (tertiary/aromatic N) is 2. The largest absolute Gasteiger partial charge is 0.367 e. The monoisotopic (exact) mass is 327 g/mol. The van der Waals surface area contributed by atoms with Crippen LogP contribution in [0.2, 0.25) is 0 Å². The van der Waals surface area contributed by atoms with Crippen LogP contribution in [-0.2, 0) is 22.1 Å². The molecule has 0 unspecified atom stereocenters. The Bertz CT molecular complexity index is 675. The molecule has 1 fully saturated rings. The first-order chi connectivity index (χ1) is 11.6. The molecule has 0 bridgehead atoms. The van der Waals surface area contributed by atoms with Gasteiger partial charge in [-0.05, 0) is 18.4 Å². The van der Waals surface area contributed by atoms with E-state index in [0.717, 1.165) is 31.2 Å². The summed E-state index contributed by atoms with van der Waals surface area (Å²) in [5, 5.41) is 7.45. The van der Waals surface area contributed by atoms with Crippen LogP contribution in [0, 0.1) is 0 Å². The second-order valence-electron chi connectivity index (χ2n) is 6.56. The number of hydrogen-bond acceptors (Lipinski definition) is 3. The molecule has 1 N–H and O–H groups in total. The lowest BCUT2D eigenvalue weighted by Crippen LogP contribution is -2.49. The molecule has 0 aliphatic heterocycles. The van der Waals surface area contributed by atoms with Crippen LogP contribution in [0.25, 0.3) is 0 Å². The average molecular weight is 327 g/mol. The summed E-state index contributed by atoms with van der Waals surface area (Å²) in [7, 11) is 3.40. The van der Waals surface area contributed by atoms with Gasteiger partial charge in [-0.2, -0.15) is 5.10 Å². The van der Waals surface area contributed by atoms with Crippen LogP contribution in [0.15, 0.2) is 42.7 Å². The summed E-state index contributed by atoms with van der Waals surface area (Å²) in [6.07, 6.45) is 8.27. The van der Waals surface area contributed by atoms with Crippen molar-refractivity contribution in [1.29, 1.82) is 0 Å². The third-order valence-electron chi connectivity index (χ3n) is 4.90. The molecule has 1 heterocycles. The molecule has 1 aromatic carbocycles. The summed E-state index contributed by atoms with van der Waals surface area (Å²) in [6, 6.07) is 10.3. The highest BCUT2D eigenvalue weighted by Gasteiger charge is 2.37. The van der Waals surface area contributed by atoms with E-state index < -0.39 is 6.10 Å². The Morgan fingerprint density at radius 1 is 1.25 bits per heavy atom. The third kappa shape index (κ3) is 3.36. The molecule has 1 aliphatic rings. The van der Waals surface area contributed by atoms with Gasteiger partial charge in [0, 0.05) is 25.9 Å². The lowest BCUT2D eigenvalue weighted by molar-refractivity contribution is -0.134. The zero-order valence-corrected chi connectivity index (χ0v) is 14.4. The molecule has 5 nitrogen and oxygen atoms in total. The lowest BCUT2D eigenvalue weighted by atomic mass is 9.76. The van der Waals surface area contributed by atoms with Crippen molar-refractivity contribution in [1.82, 2.24) is 15.1 Å². The molecule has 24 heavy (non-hydrogen) atoms. The number of nitrogens with one attached hydrogen (secondary N) is 1. The first-order valence-electron chi connectivity index (χ1n) is 8.53. The summed E-state index contributed by atoms with van der Waals surface area (Å²) in [6.45, 7) is 0. The molecule has 1 saturated carbocycles. The predicted octanol–water partition coefficient (Wildman–Crippen LogP) is 3.08. The van der Waals surface area contributed by atoms with Gasteiger partial charge in [0.25, 0.3) is 5.91 Å². The second kappa shape index (κ2) is 7.18. The summed E-state index contributed by atoms with van der Waals surface area (Å²) in [4.78, 5) is 13.0. The third-order valence-corrected chi connectivity index (χ3v) is 4.90. The molecule has 0 spiro atoms. The molecule has 2 aromatic rings. The molecule has 3 rings (SSSR count). The maximum absolute atomic E-state index is 13.0. The summed E-state index contributed by atoms with van der Waals surface area (Å²) in [5.41, 5.74) is 1.66. The standard InChI is InChI=1S/C19H25N3O2/c1-22-14-15(13-20-22)17(24-2)18(23)21-19(11-7-4-8-12-19)16-9-5-3-6-10-16/h3,5-6,9-10,13-14,17H,4,7-8,11-12H2,1-2H3,(H,21,23)/t17-/m0/s1. The highest BCUT2D eigenvalue weighted by atomic mass is 16.5. The Hall–Kier alpha value is -2.14. The van der Waals surface area contributed by atoms with Crippen LogP contribution < -0.4 is 5.32 Å². The Labute approximate surface area is 143 Å². The van der Waals surface area contributed by atoms with Gasteiger partial charge in [0.2, 0.25) is 0 Å². The van der Waals surface area contributed by atoms with Crippen LogP contribution in [0.4, 0.5) is 0 Å². The number of carbonyl (C=O) groups excluding carboxylic acids is 1. The van der Waals surface area contributed by atoms with E-state index in [-0.39, 0.29) is 11.4 Å². The van der Waals surface area contributed by atoms with E-state index in [1.807, 2.05) is 31.4 Å². The van der Waals surface area contributed by atoms with Crippen molar-refractivity contribution in [2.45, 2.75) is 43.7 Å². The van der Waals surface area contributed by atoms with Crippen LogP contribution in [0.5, 0.6) is 0 Å². The number of aromatic nitrogens is 2. The number of carbonyl (C=O) groups is 1. The van der Waals surface area contributed by atoms with Gasteiger partial charge in [-0.3, -0.25) is 9.48 Å². The van der Waals surface area contributed by atoms with Gasteiger partial charge >= 0.3 is 0 Å². The van der Waals surface area contributed by atoms with Gasteiger partial charge in [0.1, 0.15) is 0 Å². The van der Waals surface area contributed by atoms with Crippen LogP contribution in [0.1, 0.15) is 49.3 Å². The van der Waals surface area contributed by atoms with Gasteiger partial charge in [-0.25, -0.2) is 0 Å². The Balaban J connectivity index is 1.85. The summed E-state index contributed by atoms with van der Waals surface area (Å²) >= 11 is 0. The van der Waals surface area contributed by atoms with Crippen LogP contribution >= 0.6 is 0 Å². The number of ether oxygens (including phenoxy) is 1. The molecule has 1 atom stereocenters. The predicted molar refractivity (Wildman–Crippen MR) is 92.3 cm³/mol. The average Bonchev–Trinajstić information content (AvgIpc) is 3.03. The van der Waals surface area contributed by atoms with Crippen LogP contribution in [-0.4, -0.2) is 22.8 Å². The van der Waals surface area contributed by atoms with Crippen molar-refractivity contribution in [3.05, 3.63) is 53.9 Å². The molecule has 128 valence electrons. The highest BCUT2D eigenvalue weighted by Crippen LogP contribution is 2.37. The Morgan fingerprint density at radius 3 is 2.54 bits per heavy atom. The zero-order valence-electron chi connectivity index (χ0n) is 14.4. The molecule has 0 saturated heterocycles. The van der Waals surface area contributed by atoms with Crippen molar-refractivity contribution in [3.63, 3.8) is 0 Å². The summed E-state index contributed by atoms with van der Waals surface area (Å²) in [5.74, 6) is -0.101. The topological polar surface area (TPSA) is 56.1 Å². The number of hydrogen-bond donors (Lipinski definition) is 1. The van der Waals surface area contributed by atoms with E-state index in [0.29, 0.717) is 0 Å². The molecule has 1 aliphatic carbocycles. The molecular formula is C19H25N3O2. The number of benzene rings is 1. The highest BCUT2D eigenvalue weighted by molar-refractivity contribution is 5.83. The minimum Gasteiger partial charge on any atom is -0.367 e. The first kappa shape index (κ1) is 16.7.